The molecular weight excluding hydrogens is 376 g/mol. The second kappa shape index (κ2) is 6.05. The fraction of sp³-hybridized carbons (Fsp3) is 0. The van der Waals surface area contributed by atoms with Gasteiger partial charge in [0.15, 0.2) is 11.0 Å². The molecule has 0 unspecified atom stereocenters. The highest BCUT2D eigenvalue weighted by Gasteiger charge is 2.14. The number of halogens is 4. The SMILES string of the molecule is O=C(Nc1ncnc(Cl)c1Cl)c1cc(Cl)ccc1Br. The first-order chi connectivity index (χ1) is 8.99. The predicted molar refractivity (Wildman–Crippen MR) is 79.2 cm³/mol. The summed E-state index contributed by atoms with van der Waals surface area (Å²) in [5.41, 5.74) is 0.360. The van der Waals surface area contributed by atoms with E-state index in [0.29, 0.717) is 15.1 Å². The smallest absolute Gasteiger partial charge is 0.258 e. The first kappa shape index (κ1) is 14.5. The van der Waals surface area contributed by atoms with Crippen LogP contribution < -0.4 is 5.32 Å². The van der Waals surface area contributed by atoms with Gasteiger partial charge in [-0.2, -0.15) is 0 Å². The molecule has 1 heterocycles. The molecule has 0 spiro atoms. The van der Waals surface area contributed by atoms with Crippen molar-refractivity contribution in [2.45, 2.75) is 0 Å². The quantitative estimate of drug-likeness (QED) is 0.782. The van der Waals surface area contributed by atoms with E-state index in [1.165, 1.54) is 12.4 Å². The number of benzene rings is 1. The number of anilines is 1. The number of aromatic nitrogens is 2. The summed E-state index contributed by atoms with van der Waals surface area (Å²) in [5, 5.41) is 3.13. The average molecular weight is 381 g/mol. The van der Waals surface area contributed by atoms with Crippen LogP contribution in [0.25, 0.3) is 0 Å². The van der Waals surface area contributed by atoms with Crippen LogP contribution in [0.15, 0.2) is 29.0 Å². The summed E-state index contributed by atoms with van der Waals surface area (Å²) >= 11 is 20.7. The Morgan fingerprint density at radius 2 is 1.95 bits per heavy atom. The van der Waals surface area contributed by atoms with Gasteiger partial charge in [0.25, 0.3) is 5.91 Å². The van der Waals surface area contributed by atoms with Crippen LogP contribution in [0.3, 0.4) is 0 Å². The molecule has 1 aromatic heterocycles. The number of hydrogen-bond acceptors (Lipinski definition) is 3. The minimum absolute atomic E-state index is 0.0668. The fourth-order valence-corrected chi connectivity index (χ4v) is 2.16. The Morgan fingerprint density at radius 1 is 1.21 bits per heavy atom. The molecule has 0 bridgehead atoms. The van der Waals surface area contributed by atoms with Crippen LogP contribution in [0.4, 0.5) is 5.82 Å². The molecule has 19 heavy (non-hydrogen) atoms. The first-order valence-electron chi connectivity index (χ1n) is 4.91. The summed E-state index contributed by atoms with van der Waals surface area (Å²) < 4.78 is 0.602. The van der Waals surface area contributed by atoms with E-state index in [9.17, 15) is 4.79 Å². The topological polar surface area (TPSA) is 54.9 Å². The van der Waals surface area contributed by atoms with E-state index in [4.69, 9.17) is 34.8 Å². The van der Waals surface area contributed by atoms with Crippen molar-refractivity contribution in [1.82, 2.24) is 9.97 Å². The minimum atomic E-state index is -0.411. The van der Waals surface area contributed by atoms with E-state index in [1.54, 1.807) is 12.1 Å². The van der Waals surface area contributed by atoms with Crippen LogP contribution in [0.2, 0.25) is 15.2 Å². The molecule has 1 amide bonds. The molecule has 2 rings (SSSR count). The third-order valence-electron chi connectivity index (χ3n) is 2.15. The maximum atomic E-state index is 12.1. The Morgan fingerprint density at radius 3 is 2.68 bits per heavy atom. The molecule has 4 nitrogen and oxygen atoms in total. The summed E-state index contributed by atoms with van der Waals surface area (Å²) in [6.07, 6.45) is 1.21. The lowest BCUT2D eigenvalue weighted by atomic mass is 10.2. The van der Waals surface area contributed by atoms with E-state index in [2.05, 4.69) is 31.2 Å². The van der Waals surface area contributed by atoms with Gasteiger partial charge in [0, 0.05) is 9.50 Å². The number of amides is 1. The third kappa shape index (κ3) is 3.36. The Hall–Kier alpha value is -0.880. The van der Waals surface area contributed by atoms with Crippen molar-refractivity contribution in [3.8, 4) is 0 Å². The molecule has 0 atom stereocenters. The minimum Gasteiger partial charge on any atom is -0.305 e. The van der Waals surface area contributed by atoms with Gasteiger partial charge in [0.05, 0.1) is 5.56 Å². The van der Waals surface area contributed by atoms with Crippen LogP contribution in [-0.2, 0) is 0 Å². The van der Waals surface area contributed by atoms with Crippen molar-refractivity contribution in [3.05, 3.63) is 49.8 Å². The van der Waals surface area contributed by atoms with Gasteiger partial charge in [-0.25, -0.2) is 9.97 Å². The number of nitrogens with zero attached hydrogens (tertiary/aromatic N) is 2. The standard InChI is InChI=1S/C11H5BrCl3N3O/c12-7-2-1-5(13)3-6(7)11(19)18-10-8(14)9(15)16-4-17-10/h1-4H,(H,16,17,18,19). The molecule has 2 aromatic rings. The van der Waals surface area contributed by atoms with Crippen molar-refractivity contribution in [2.24, 2.45) is 0 Å². The van der Waals surface area contributed by atoms with Crippen LogP contribution >= 0.6 is 50.7 Å². The zero-order valence-electron chi connectivity index (χ0n) is 9.12. The highest BCUT2D eigenvalue weighted by molar-refractivity contribution is 9.10. The van der Waals surface area contributed by atoms with Crippen molar-refractivity contribution < 1.29 is 4.79 Å². The molecule has 0 radical (unpaired) electrons. The van der Waals surface area contributed by atoms with E-state index < -0.39 is 5.91 Å². The summed E-state index contributed by atoms with van der Waals surface area (Å²) in [4.78, 5) is 19.6. The Bertz CT molecular complexity index is 651. The largest absolute Gasteiger partial charge is 0.305 e. The van der Waals surface area contributed by atoms with E-state index in [-0.39, 0.29) is 16.0 Å². The summed E-state index contributed by atoms with van der Waals surface area (Å²) in [5.74, 6) is -0.274. The second-order valence-electron chi connectivity index (χ2n) is 3.41. The number of carbonyl (C=O) groups is 1. The molecular formula is C11H5BrCl3N3O. The molecule has 0 fully saturated rings. The average Bonchev–Trinajstić information content (AvgIpc) is 2.38. The monoisotopic (exact) mass is 379 g/mol. The number of nitrogens with one attached hydrogen (secondary N) is 1. The Kier molecular flexibility index (Phi) is 4.62. The second-order valence-corrected chi connectivity index (χ2v) is 5.43. The van der Waals surface area contributed by atoms with Crippen molar-refractivity contribution >= 4 is 62.5 Å². The molecule has 1 N–H and O–H groups in total. The highest BCUT2D eigenvalue weighted by atomic mass is 79.9. The number of carbonyl (C=O) groups excluding carboxylic acids is 1. The third-order valence-corrected chi connectivity index (χ3v) is 3.82. The fourth-order valence-electron chi connectivity index (χ4n) is 1.28. The van der Waals surface area contributed by atoms with Crippen molar-refractivity contribution in [2.75, 3.05) is 5.32 Å². The first-order valence-corrected chi connectivity index (χ1v) is 6.84. The lowest BCUT2D eigenvalue weighted by Gasteiger charge is -2.08. The van der Waals surface area contributed by atoms with Gasteiger partial charge in [-0.05, 0) is 34.1 Å². The summed E-state index contributed by atoms with van der Waals surface area (Å²) in [7, 11) is 0. The molecule has 0 saturated heterocycles. The molecule has 0 saturated carbocycles. The summed E-state index contributed by atoms with van der Waals surface area (Å²) in [6, 6.07) is 4.86. The molecule has 1 aromatic carbocycles. The van der Waals surface area contributed by atoms with E-state index in [0.717, 1.165) is 0 Å². The van der Waals surface area contributed by atoms with Crippen LogP contribution in [0, 0.1) is 0 Å². The van der Waals surface area contributed by atoms with Crippen LogP contribution in [0.1, 0.15) is 10.4 Å². The highest BCUT2D eigenvalue weighted by Crippen LogP contribution is 2.27. The van der Waals surface area contributed by atoms with Gasteiger partial charge in [0.1, 0.15) is 11.3 Å². The van der Waals surface area contributed by atoms with Gasteiger partial charge in [-0.1, -0.05) is 34.8 Å². The van der Waals surface area contributed by atoms with Gasteiger partial charge in [-0.3, -0.25) is 4.79 Å². The predicted octanol–water partition coefficient (Wildman–Crippen LogP) is 4.45. The maximum Gasteiger partial charge on any atom is 0.258 e. The van der Waals surface area contributed by atoms with Gasteiger partial charge in [0.2, 0.25) is 0 Å². The Labute approximate surface area is 132 Å². The molecule has 8 heteroatoms. The van der Waals surface area contributed by atoms with Crippen LogP contribution in [-0.4, -0.2) is 15.9 Å². The van der Waals surface area contributed by atoms with Crippen molar-refractivity contribution in [1.29, 1.82) is 0 Å². The van der Waals surface area contributed by atoms with Crippen molar-refractivity contribution in [3.63, 3.8) is 0 Å². The lowest BCUT2D eigenvalue weighted by molar-refractivity contribution is 0.102. The van der Waals surface area contributed by atoms with Crippen LogP contribution in [0.5, 0.6) is 0 Å². The number of rotatable bonds is 2. The Balaban J connectivity index is 2.31. The van der Waals surface area contributed by atoms with E-state index in [1.807, 2.05) is 0 Å². The molecule has 0 aliphatic heterocycles. The zero-order valence-corrected chi connectivity index (χ0v) is 13.0. The molecule has 98 valence electrons. The molecule has 0 aliphatic carbocycles. The lowest BCUT2D eigenvalue weighted by Crippen LogP contribution is -2.14. The van der Waals surface area contributed by atoms with Gasteiger partial charge < -0.3 is 5.32 Å². The zero-order chi connectivity index (χ0) is 14.0. The van der Waals surface area contributed by atoms with Gasteiger partial charge >= 0.3 is 0 Å². The van der Waals surface area contributed by atoms with E-state index >= 15 is 0 Å². The normalized spacial score (nSPS) is 10.3. The summed E-state index contributed by atoms with van der Waals surface area (Å²) in [6.45, 7) is 0. The number of hydrogen-bond donors (Lipinski definition) is 1. The molecule has 0 aliphatic rings. The maximum absolute atomic E-state index is 12.1. The van der Waals surface area contributed by atoms with Gasteiger partial charge in [-0.15, -0.1) is 0 Å².